The van der Waals surface area contributed by atoms with Gasteiger partial charge in [-0.05, 0) is 16.4 Å². The van der Waals surface area contributed by atoms with Gasteiger partial charge in [-0.2, -0.15) is 0 Å². The van der Waals surface area contributed by atoms with Gasteiger partial charge >= 0.3 is 0 Å². The van der Waals surface area contributed by atoms with Gasteiger partial charge in [-0.25, -0.2) is 8.78 Å². The third-order valence-corrected chi connectivity index (χ3v) is 2.59. The number of rotatable bonds is 2. The third-order valence-electron chi connectivity index (χ3n) is 2.59. The topological polar surface area (TPSA) is 21.3 Å². The fourth-order valence-corrected chi connectivity index (χ4v) is 1.49. The van der Waals surface area contributed by atoms with Crippen LogP contribution in [0, 0.1) is 11.6 Å². The summed E-state index contributed by atoms with van der Waals surface area (Å²) in [6, 6.07) is 0. The van der Waals surface area contributed by atoms with Crippen molar-refractivity contribution >= 4 is 47.8 Å². The monoisotopic (exact) mass is 225 g/mol. The van der Waals surface area contributed by atoms with Crippen molar-refractivity contribution < 1.29 is 13.5 Å². The zero-order valence-electron chi connectivity index (χ0n) is 8.89. The molecular weight excluding hydrogens is 219 g/mol. The maximum Gasteiger partial charge on any atom is 0.135 e. The van der Waals surface area contributed by atoms with Gasteiger partial charge in [0.2, 0.25) is 0 Å². The van der Waals surface area contributed by atoms with Gasteiger partial charge in [0.05, 0.1) is 5.50 Å². The minimum Gasteiger partial charge on any atom is -0.496 e. The van der Waals surface area contributed by atoms with Gasteiger partial charge in [0.15, 0.2) is 0 Å². The molecule has 1 aromatic rings. The number of halogens is 2. The van der Waals surface area contributed by atoms with Crippen LogP contribution in [0.2, 0.25) is 0 Å². The number of nitrogens with one attached hydrogen (secondary N) is 1. The van der Waals surface area contributed by atoms with Crippen LogP contribution in [0.15, 0.2) is 0 Å². The van der Waals surface area contributed by atoms with E-state index in [1.807, 2.05) is 0 Å². The van der Waals surface area contributed by atoms with Gasteiger partial charge in [0.1, 0.15) is 48.8 Å². The first-order chi connectivity index (χ1) is 7.86. The number of hydrogen-bond acceptors (Lipinski definition) is 2. The molecule has 1 aliphatic heterocycles. The summed E-state index contributed by atoms with van der Waals surface area (Å²) in [7, 11) is 21.8. The van der Waals surface area contributed by atoms with Crippen LogP contribution in [0.3, 0.4) is 0 Å². The Morgan fingerprint density at radius 3 is 1.82 bits per heavy atom. The summed E-state index contributed by atoms with van der Waals surface area (Å²) in [5.74, 6) is -2.50. The lowest BCUT2D eigenvalue weighted by Crippen LogP contribution is -2.64. The maximum absolute atomic E-state index is 13.4. The molecule has 0 bridgehead atoms. The van der Waals surface area contributed by atoms with Crippen molar-refractivity contribution in [3.63, 3.8) is 0 Å². The molecule has 1 aliphatic rings. The first kappa shape index (κ1) is 12.6. The first-order valence-electron chi connectivity index (χ1n) is 4.86. The Morgan fingerprint density at radius 2 is 1.47 bits per heavy atom. The third kappa shape index (κ3) is 1.99. The highest BCUT2D eigenvalue weighted by molar-refractivity contribution is 6.46. The average molecular weight is 224 g/mol. The van der Waals surface area contributed by atoms with Crippen LogP contribution in [0.5, 0.6) is 5.75 Å². The van der Waals surface area contributed by atoms with Crippen molar-refractivity contribution in [3.8, 4) is 5.75 Å². The van der Waals surface area contributed by atoms with Crippen LogP contribution in [-0.2, 0) is 0 Å². The second kappa shape index (κ2) is 4.09. The van der Waals surface area contributed by atoms with E-state index < -0.39 is 33.5 Å². The van der Waals surface area contributed by atoms with Gasteiger partial charge in [-0.1, -0.05) is 0 Å². The molecule has 0 spiro atoms. The minimum absolute atomic E-state index is 0.307. The molecule has 0 atom stereocenters. The molecule has 1 heterocycles. The van der Waals surface area contributed by atoms with E-state index in [1.54, 1.807) is 0 Å². The number of hydrogen-bond donors (Lipinski definition) is 1. The van der Waals surface area contributed by atoms with Crippen LogP contribution in [0.25, 0.3) is 0 Å². The molecule has 2 rings (SSSR count). The van der Waals surface area contributed by atoms with Crippen LogP contribution in [-0.4, -0.2) is 50.0 Å². The Balaban J connectivity index is 2.46. The molecule has 0 amide bonds. The Hall–Kier alpha value is -0.900. The molecule has 0 aromatic heterocycles. The first-order valence-corrected chi connectivity index (χ1v) is 4.86. The normalized spacial score (nSPS) is 17.5. The number of ether oxygens (including phenoxy) is 1. The second-order valence-corrected chi connectivity index (χ2v) is 3.97. The summed E-state index contributed by atoms with van der Waals surface area (Å²) < 4.78 is 32.1. The lowest BCUT2D eigenvalue weighted by molar-refractivity contribution is 0.0998. The fraction of sp³-hybridized carbons (Fsp3) is 0.333. The van der Waals surface area contributed by atoms with Crippen LogP contribution in [0.4, 0.5) is 8.78 Å². The predicted molar refractivity (Wildman–Crippen MR) is 64.5 cm³/mol. The zero-order valence-corrected chi connectivity index (χ0v) is 8.89. The molecule has 2 nitrogen and oxygen atoms in total. The van der Waals surface area contributed by atoms with Crippen LogP contribution >= 0.6 is 0 Å². The predicted octanol–water partition coefficient (Wildman–Crippen LogP) is -2.81. The molecule has 8 radical (unpaired) electrons. The summed E-state index contributed by atoms with van der Waals surface area (Å²) in [5, 5.41) is 2.86. The summed E-state index contributed by atoms with van der Waals surface area (Å²) in [6.45, 7) is 0.666. The molecule has 0 unspecified atom stereocenters. The summed E-state index contributed by atoms with van der Waals surface area (Å²) in [6.07, 6.45) is 0. The highest BCUT2D eigenvalue weighted by Gasteiger charge is 2.34. The minimum atomic E-state index is -1.09. The number of benzene rings is 1. The van der Waals surface area contributed by atoms with Gasteiger partial charge in [-0.15, -0.1) is 0 Å². The Kier molecular flexibility index (Phi) is 3.02. The van der Waals surface area contributed by atoms with Gasteiger partial charge in [0.25, 0.3) is 0 Å². The van der Waals surface area contributed by atoms with E-state index in [0.717, 1.165) is 0 Å². The largest absolute Gasteiger partial charge is 0.496 e. The molecule has 0 saturated carbocycles. The van der Waals surface area contributed by atoms with E-state index >= 15 is 0 Å². The van der Waals surface area contributed by atoms with E-state index in [-0.39, 0.29) is 5.75 Å². The van der Waals surface area contributed by atoms with Crippen molar-refractivity contribution in [1.29, 1.82) is 0 Å². The van der Waals surface area contributed by atoms with Crippen molar-refractivity contribution in [2.75, 3.05) is 13.1 Å². The SMILES string of the molecule is [B]c1c(F)c([B])c(OC2([B])CNC2)c([B])c1F. The smallest absolute Gasteiger partial charge is 0.135 e. The average Bonchev–Trinajstić information content (AvgIpc) is 2.27. The standard InChI is InChI=1S/C9H5B4F2NO/c10-3-6(14)4(11)8(5(12)7(3)15)17-9(13)1-16-2-9/h16H,1-2H2. The molecule has 1 saturated heterocycles. The molecule has 1 fully saturated rings. The van der Waals surface area contributed by atoms with Gasteiger partial charge in [0, 0.05) is 13.1 Å². The lowest BCUT2D eigenvalue weighted by Gasteiger charge is -2.41. The molecule has 0 aliphatic carbocycles. The summed E-state index contributed by atoms with van der Waals surface area (Å²) in [5.41, 5.74) is -2.68. The molecule has 17 heavy (non-hydrogen) atoms. The Bertz CT molecular complexity index is 450. The summed E-state index contributed by atoms with van der Waals surface area (Å²) >= 11 is 0. The highest BCUT2D eigenvalue weighted by atomic mass is 19.1. The molecule has 1 aromatic carbocycles. The van der Waals surface area contributed by atoms with Crippen molar-refractivity contribution in [1.82, 2.24) is 5.32 Å². The van der Waals surface area contributed by atoms with E-state index in [0.29, 0.717) is 13.1 Å². The molecular formula is C9H5B4F2NO. The maximum atomic E-state index is 13.4. The fourth-order valence-electron chi connectivity index (χ4n) is 1.49. The van der Waals surface area contributed by atoms with E-state index in [1.165, 1.54) is 0 Å². The van der Waals surface area contributed by atoms with Crippen LogP contribution in [0.1, 0.15) is 0 Å². The van der Waals surface area contributed by atoms with Crippen LogP contribution < -0.4 is 26.4 Å². The second-order valence-electron chi connectivity index (χ2n) is 3.97. The van der Waals surface area contributed by atoms with E-state index in [9.17, 15) is 8.78 Å². The van der Waals surface area contributed by atoms with E-state index in [4.69, 9.17) is 36.1 Å². The Labute approximate surface area is 103 Å². The quantitative estimate of drug-likeness (QED) is 0.548. The lowest BCUT2D eigenvalue weighted by atomic mass is 9.74. The molecule has 78 valence electrons. The van der Waals surface area contributed by atoms with E-state index in [2.05, 4.69) is 5.32 Å². The van der Waals surface area contributed by atoms with Crippen molar-refractivity contribution in [3.05, 3.63) is 11.6 Å². The van der Waals surface area contributed by atoms with Crippen molar-refractivity contribution in [2.45, 2.75) is 5.50 Å². The van der Waals surface area contributed by atoms with Gasteiger partial charge < -0.3 is 10.1 Å². The van der Waals surface area contributed by atoms with Crippen molar-refractivity contribution in [2.24, 2.45) is 0 Å². The zero-order chi connectivity index (χ0) is 12.8. The van der Waals surface area contributed by atoms with Gasteiger partial charge in [-0.3, -0.25) is 0 Å². The summed E-state index contributed by atoms with van der Waals surface area (Å²) in [4.78, 5) is 0. The highest BCUT2D eigenvalue weighted by Crippen LogP contribution is 2.16. The molecule has 1 N–H and O–H groups in total. The molecule has 8 heteroatoms. The Morgan fingerprint density at radius 1 is 1.00 bits per heavy atom.